The van der Waals surface area contributed by atoms with Gasteiger partial charge in [0.1, 0.15) is 11.5 Å². The molecule has 1 fully saturated rings. The van der Waals surface area contributed by atoms with Gasteiger partial charge in [-0.15, -0.1) is 0 Å². The number of piperidine rings is 1. The molecule has 0 amide bonds. The van der Waals surface area contributed by atoms with E-state index in [-0.39, 0.29) is 6.92 Å². The van der Waals surface area contributed by atoms with Crippen molar-refractivity contribution in [2.24, 2.45) is 0 Å². The van der Waals surface area contributed by atoms with E-state index in [1.54, 1.807) is 14.2 Å². The molecule has 0 aromatic heterocycles. The molecule has 1 saturated heterocycles. The summed E-state index contributed by atoms with van der Waals surface area (Å²) in [4.78, 5) is 0. The summed E-state index contributed by atoms with van der Waals surface area (Å²) in [5.41, 5.74) is 2.25. The molecule has 2 aromatic carbocycles. The second kappa shape index (κ2) is 8.93. The van der Waals surface area contributed by atoms with Crippen molar-refractivity contribution in [3.8, 4) is 11.5 Å². The minimum atomic E-state index is -0.0967. The normalized spacial score (nSPS) is 17.1. The molecule has 0 bridgehead atoms. The second-order valence-corrected chi connectivity index (χ2v) is 6.41. The van der Waals surface area contributed by atoms with E-state index in [1.807, 2.05) is 24.3 Å². The van der Waals surface area contributed by atoms with E-state index in [9.17, 15) is 0 Å². The van der Waals surface area contributed by atoms with Crippen molar-refractivity contribution < 1.29 is 14.1 Å². The van der Waals surface area contributed by atoms with Crippen LogP contribution < -0.4 is 25.7 Å². The van der Waals surface area contributed by atoms with Crippen molar-refractivity contribution in [1.82, 2.24) is 5.32 Å². The van der Waals surface area contributed by atoms with E-state index in [0.29, 0.717) is 12.6 Å². The van der Waals surface area contributed by atoms with Gasteiger partial charge in [-0.1, -0.05) is 30.7 Å². The first-order chi connectivity index (χ1) is 12.3. The van der Waals surface area contributed by atoms with E-state index in [4.69, 9.17) is 14.1 Å². The van der Waals surface area contributed by atoms with E-state index in [1.165, 1.54) is 19.3 Å². The van der Waals surface area contributed by atoms with Gasteiger partial charge in [0.25, 0.3) is 0 Å². The van der Waals surface area contributed by atoms with Gasteiger partial charge in [0.05, 0.1) is 14.2 Å². The Hall–Kier alpha value is -1.98. The maximum Gasteiger partial charge on any atom is 0.361 e. The van der Waals surface area contributed by atoms with Crippen LogP contribution in [0.1, 0.15) is 19.3 Å². The number of hydrogen-bond donors (Lipinski definition) is 1. The molecule has 1 heterocycles. The summed E-state index contributed by atoms with van der Waals surface area (Å²) in [5, 5.41) is 3.55. The number of rotatable bonds is 7. The first-order valence-corrected chi connectivity index (χ1v) is 8.93. The molecule has 132 valence electrons. The summed E-state index contributed by atoms with van der Waals surface area (Å²) < 4.78 is 16.9. The van der Waals surface area contributed by atoms with Crippen molar-refractivity contribution in [3.05, 3.63) is 48.5 Å². The van der Waals surface area contributed by atoms with Crippen molar-refractivity contribution in [2.75, 3.05) is 27.4 Å². The predicted molar refractivity (Wildman–Crippen MR) is 103 cm³/mol. The van der Waals surface area contributed by atoms with Crippen molar-refractivity contribution in [1.29, 1.82) is 0 Å². The van der Waals surface area contributed by atoms with Crippen molar-refractivity contribution in [3.63, 3.8) is 0 Å². The largest absolute Gasteiger partial charge is 0.497 e. The van der Waals surface area contributed by atoms with Gasteiger partial charge >= 0.3 is 6.92 Å². The maximum atomic E-state index is 6.36. The Bertz CT molecular complexity index is 591. The van der Waals surface area contributed by atoms with E-state index < -0.39 is 0 Å². The van der Waals surface area contributed by atoms with Crippen molar-refractivity contribution >= 4 is 17.8 Å². The van der Waals surface area contributed by atoms with Crippen LogP contribution in [0.3, 0.4) is 0 Å². The zero-order valence-electron chi connectivity index (χ0n) is 15.0. The highest BCUT2D eigenvalue weighted by atomic mass is 16.5. The fourth-order valence-electron chi connectivity index (χ4n) is 3.22. The number of nitrogens with one attached hydrogen (secondary N) is 1. The number of methoxy groups -OCH3 is 2. The molecule has 25 heavy (non-hydrogen) atoms. The van der Waals surface area contributed by atoms with Gasteiger partial charge in [-0.2, -0.15) is 0 Å². The average Bonchev–Trinajstić information content (AvgIpc) is 2.70. The van der Waals surface area contributed by atoms with Crippen LogP contribution in [0.25, 0.3) is 0 Å². The lowest BCUT2D eigenvalue weighted by Gasteiger charge is -2.25. The van der Waals surface area contributed by atoms with Crippen molar-refractivity contribution in [2.45, 2.75) is 25.3 Å². The number of ether oxygens (including phenoxy) is 2. The average molecular weight is 339 g/mol. The lowest BCUT2D eigenvalue weighted by Crippen LogP contribution is -2.48. The van der Waals surface area contributed by atoms with Gasteiger partial charge in [-0.05, 0) is 54.6 Å². The Balaban J connectivity index is 1.78. The fourth-order valence-corrected chi connectivity index (χ4v) is 3.22. The molecule has 4 nitrogen and oxygen atoms in total. The molecule has 1 aliphatic heterocycles. The Morgan fingerprint density at radius 2 is 1.44 bits per heavy atom. The van der Waals surface area contributed by atoms with E-state index >= 15 is 0 Å². The highest BCUT2D eigenvalue weighted by Crippen LogP contribution is 2.11. The zero-order chi connectivity index (χ0) is 17.5. The lowest BCUT2D eigenvalue weighted by molar-refractivity contribution is 0.246. The summed E-state index contributed by atoms with van der Waals surface area (Å²) in [6, 6.07) is 16.6. The van der Waals surface area contributed by atoms with Gasteiger partial charge < -0.3 is 19.4 Å². The first kappa shape index (κ1) is 17.8. The fraction of sp³-hybridized carbons (Fsp3) is 0.400. The Morgan fingerprint density at radius 1 is 0.880 bits per heavy atom. The van der Waals surface area contributed by atoms with Gasteiger partial charge in [0.2, 0.25) is 0 Å². The first-order valence-electron chi connectivity index (χ1n) is 8.93. The van der Waals surface area contributed by atoms with Crippen LogP contribution >= 0.6 is 0 Å². The summed E-state index contributed by atoms with van der Waals surface area (Å²) >= 11 is 0. The lowest BCUT2D eigenvalue weighted by atomic mass is 9.55. The summed E-state index contributed by atoms with van der Waals surface area (Å²) in [7, 11) is 3.36. The molecule has 0 spiro atoms. The zero-order valence-corrected chi connectivity index (χ0v) is 15.0. The SMILES string of the molecule is COc1ccc(B(OCC2CCCCN2)c2ccc(OC)cc2)cc1. The standard InChI is InChI=1S/C20H26BNO3/c1-23-19-10-6-16(7-11-19)21(17-8-12-20(24-2)13-9-17)25-15-18-5-3-4-14-22-18/h6-13,18,22H,3-5,14-15H2,1-2H3. The second-order valence-electron chi connectivity index (χ2n) is 6.41. The highest BCUT2D eigenvalue weighted by Gasteiger charge is 2.24. The molecular weight excluding hydrogens is 313 g/mol. The third-order valence-corrected chi connectivity index (χ3v) is 4.71. The maximum absolute atomic E-state index is 6.36. The minimum absolute atomic E-state index is 0.0967. The highest BCUT2D eigenvalue weighted by molar-refractivity contribution is 6.80. The predicted octanol–water partition coefficient (Wildman–Crippen LogP) is 1.97. The number of hydrogen-bond acceptors (Lipinski definition) is 4. The van der Waals surface area contributed by atoms with E-state index in [0.717, 1.165) is 29.0 Å². The number of benzene rings is 2. The van der Waals surface area contributed by atoms with E-state index in [2.05, 4.69) is 29.6 Å². The van der Waals surface area contributed by atoms with Crippen LogP contribution in [0.4, 0.5) is 0 Å². The smallest absolute Gasteiger partial charge is 0.361 e. The van der Waals surface area contributed by atoms with Crippen LogP contribution in [0.15, 0.2) is 48.5 Å². The van der Waals surface area contributed by atoms with Gasteiger partial charge in [0.15, 0.2) is 0 Å². The van der Waals surface area contributed by atoms with Crippen LogP contribution in [-0.4, -0.2) is 40.3 Å². The van der Waals surface area contributed by atoms with Gasteiger partial charge in [0, 0.05) is 12.6 Å². The molecule has 1 atom stereocenters. The Morgan fingerprint density at radius 3 is 1.88 bits per heavy atom. The van der Waals surface area contributed by atoms with Gasteiger partial charge in [-0.3, -0.25) is 0 Å². The van der Waals surface area contributed by atoms with Crippen LogP contribution in [0.2, 0.25) is 0 Å². The third-order valence-electron chi connectivity index (χ3n) is 4.71. The van der Waals surface area contributed by atoms with Crippen LogP contribution in [0, 0.1) is 0 Å². The summed E-state index contributed by atoms with van der Waals surface area (Å²) in [5.74, 6) is 1.71. The van der Waals surface area contributed by atoms with Gasteiger partial charge in [-0.25, -0.2) is 0 Å². The molecule has 0 radical (unpaired) electrons. The molecule has 1 N–H and O–H groups in total. The molecule has 5 heteroatoms. The Kier molecular flexibility index (Phi) is 6.37. The summed E-state index contributed by atoms with van der Waals surface area (Å²) in [6.45, 7) is 1.70. The quantitative estimate of drug-likeness (QED) is 0.783. The molecule has 3 rings (SSSR count). The minimum Gasteiger partial charge on any atom is -0.497 e. The summed E-state index contributed by atoms with van der Waals surface area (Å²) in [6.07, 6.45) is 3.71. The molecule has 1 unspecified atom stereocenters. The third kappa shape index (κ3) is 4.77. The molecule has 1 aliphatic rings. The Labute approximate surface area is 150 Å². The van der Waals surface area contributed by atoms with Crippen LogP contribution in [-0.2, 0) is 4.65 Å². The molecule has 0 aliphatic carbocycles. The molecule has 0 saturated carbocycles. The molecule has 2 aromatic rings. The monoisotopic (exact) mass is 339 g/mol. The topological polar surface area (TPSA) is 39.7 Å². The molecular formula is C20H26BNO3. The van der Waals surface area contributed by atoms with Crippen LogP contribution in [0.5, 0.6) is 11.5 Å².